The molecule has 1 aromatic rings. The standard InChI is InChI=1S/C16H25N/c1-5-6-12-9-13-10-14(16(2,3)4)7-8-15(13)17-11-12/h7-8,10,12,17H,5-6,9,11H2,1-4H3. The monoisotopic (exact) mass is 231 g/mol. The molecule has 1 heteroatoms. The molecule has 1 aliphatic heterocycles. The number of benzene rings is 1. The minimum absolute atomic E-state index is 0.257. The molecule has 0 saturated heterocycles. The molecule has 0 saturated carbocycles. The molecule has 0 spiro atoms. The number of hydrogen-bond donors (Lipinski definition) is 1. The van der Waals surface area contributed by atoms with Crippen LogP contribution in [0.2, 0.25) is 0 Å². The van der Waals surface area contributed by atoms with Gasteiger partial charge in [-0.05, 0) is 41.4 Å². The van der Waals surface area contributed by atoms with Crippen LogP contribution in [0.5, 0.6) is 0 Å². The van der Waals surface area contributed by atoms with E-state index >= 15 is 0 Å². The average Bonchev–Trinajstić information content (AvgIpc) is 2.27. The Kier molecular flexibility index (Phi) is 3.46. The van der Waals surface area contributed by atoms with Gasteiger partial charge in [0, 0.05) is 12.2 Å². The molecule has 1 aromatic carbocycles. The van der Waals surface area contributed by atoms with Gasteiger partial charge in [-0.15, -0.1) is 0 Å². The lowest BCUT2D eigenvalue weighted by atomic mass is 9.83. The maximum atomic E-state index is 3.58. The zero-order valence-electron chi connectivity index (χ0n) is 11.6. The van der Waals surface area contributed by atoms with Gasteiger partial charge in [0.05, 0.1) is 0 Å². The van der Waals surface area contributed by atoms with Crippen molar-refractivity contribution in [1.82, 2.24) is 0 Å². The quantitative estimate of drug-likeness (QED) is 0.797. The molecular formula is C16H25N. The molecule has 0 bridgehead atoms. The molecular weight excluding hydrogens is 206 g/mol. The van der Waals surface area contributed by atoms with E-state index in [9.17, 15) is 0 Å². The highest BCUT2D eigenvalue weighted by atomic mass is 14.9. The van der Waals surface area contributed by atoms with Gasteiger partial charge in [-0.1, -0.05) is 46.2 Å². The molecule has 1 nitrogen and oxygen atoms in total. The number of rotatable bonds is 2. The first-order valence-electron chi connectivity index (χ1n) is 6.88. The van der Waals surface area contributed by atoms with Crippen LogP contribution in [0.1, 0.15) is 51.7 Å². The lowest BCUT2D eigenvalue weighted by Gasteiger charge is -2.28. The number of nitrogens with one attached hydrogen (secondary N) is 1. The summed E-state index contributed by atoms with van der Waals surface area (Å²) >= 11 is 0. The second kappa shape index (κ2) is 4.72. The van der Waals surface area contributed by atoms with Gasteiger partial charge in [0.1, 0.15) is 0 Å². The van der Waals surface area contributed by atoms with Crippen molar-refractivity contribution in [2.75, 3.05) is 11.9 Å². The van der Waals surface area contributed by atoms with Crippen LogP contribution >= 0.6 is 0 Å². The third-order valence-corrected chi connectivity index (χ3v) is 3.76. The van der Waals surface area contributed by atoms with Crippen molar-refractivity contribution in [3.8, 4) is 0 Å². The van der Waals surface area contributed by atoms with Crippen LogP contribution in [0.25, 0.3) is 0 Å². The smallest absolute Gasteiger partial charge is 0.0373 e. The van der Waals surface area contributed by atoms with E-state index in [1.807, 2.05) is 0 Å². The van der Waals surface area contributed by atoms with Crippen molar-refractivity contribution < 1.29 is 0 Å². The van der Waals surface area contributed by atoms with E-state index in [1.165, 1.54) is 36.1 Å². The molecule has 1 aliphatic rings. The topological polar surface area (TPSA) is 12.0 Å². The van der Waals surface area contributed by atoms with Gasteiger partial charge in [-0.3, -0.25) is 0 Å². The van der Waals surface area contributed by atoms with E-state index in [0.717, 1.165) is 12.5 Å². The Morgan fingerprint density at radius 1 is 1.29 bits per heavy atom. The van der Waals surface area contributed by atoms with E-state index in [-0.39, 0.29) is 5.41 Å². The first-order valence-corrected chi connectivity index (χ1v) is 6.88. The molecule has 17 heavy (non-hydrogen) atoms. The van der Waals surface area contributed by atoms with Crippen molar-refractivity contribution in [3.05, 3.63) is 29.3 Å². The maximum Gasteiger partial charge on any atom is 0.0373 e. The van der Waals surface area contributed by atoms with Gasteiger partial charge >= 0.3 is 0 Å². The molecule has 1 heterocycles. The highest BCUT2D eigenvalue weighted by Gasteiger charge is 2.20. The molecule has 0 fully saturated rings. The van der Waals surface area contributed by atoms with Gasteiger partial charge in [0.25, 0.3) is 0 Å². The van der Waals surface area contributed by atoms with Crippen LogP contribution < -0.4 is 5.32 Å². The highest BCUT2D eigenvalue weighted by molar-refractivity contribution is 5.55. The Bertz CT molecular complexity index is 387. The Morgan fingerprint density at radius 2 is 2.06 bits per heavy atom. The van der Waals surface area contributed by atoms with Crippen molar-refractivity contribution >= 4 is 5.69 Å². The summed E-state index contributed by atoms with van der Waals surface area (Å²) in [5, 5.41) is 3.58. The van der Waals surface area contributed by atoms with Crippen LogP contribution in [0.15, 0.2) is 18.2 Å². The second-order valence-corrected chi connectivity index (χ2v) is 6.36. The molecule has 0 aromatic heterocycles. The summed E-state index contributed by atoms with van der Waals surface area (Å²) in [7, 11) is 0. The lowest BCUT2D eigenvalue weighted by molar-refractivity contribution is 0.488. The normalized spacial score (nSPS) is 19.6. The fraction of sp³-hybridized carbons (Fsp3) is 0.625. The Hall–Kier alpha value is -0.980. The van der Waals surface area contributed by atoms with Crippen molar-refractivity contribution in [2.24, 2.45) is 5.92 Å². The highest BCUT2D eigenvalue weighted by Crippen LogP contribution is 2.31. The zero-order valence-corrected chi connectivity index (χ0v) is 11.6. The van der Waals surface area contributed by atoms with E-state index in [0.29, 0.717) is 0 Å². The number of hydrogen-bond acceptors (Lipinski definition) is 1. The summed E-state index contributed by atoms with van der Waals surface area (Å²) in [6, 6.07) is 6.94. The first-order chi connectivity index (χ1) is 8.00. The van der Waals surface area contributed by atoms with E-state index in [4.69, 9.17) is 0 Å². The molecule has 1 unspecified atom stereocenters. The molecule has 2 rings (SSSR count). The van der Waals surface area contributed by atoms with Crippen LogP contribution in [0.4, 0.5) is 5.69 Å². The number of anilines is 1. The van der Waals surface area contributed by atoms with Crippen LogP contribution in [0.3, 0.4) is 0 Å². The van der Waals surface area contributed by atoms with Crippen molar-refractivity contribution in [2.45, 2.75) is 52.4 Å². The second-order valence-electron chi connectivity index (χ2n) is 6.36. The van der Waals surface area contributed by atoms with Gasteiger partial charge in [0.2, 0.25) is 0 Å². The fourth-order valence-corrected chi connectivity index (χ4v) is 2.65. The molecule has 1 atom stereocenters. The lowest BCUT2D eigenvalue weighted by Crippen LogP contribution is -2.23. The molecule has 0 aliphatic carbocycles. The van der Waals surface area contributed by atoms with Gasteiger partial charge < -0.3 is 5.32 Å². The number of fused-ring (bicyclic) bond motifs is 1. The van der Waals surface area contributed by atoms with E-state index in [1.54, 1.807) is 0 Å². The van der Waals surface area contributed by atoms with Gasteiger partial charge in [-0.25, -0.2) is 0 Å². The minimum atomic E-state index is 0.257. The molecule has 0 radical (unpaired) electrons. The SMILES string of the molecule is CCCC1CNc2ccc(C(C)(C)C)cc2C1. The summed E-state index contributed by atoms with van der Waals surface area (Å²) in [6.45, 7) is 10.3. The minimum Gasteiger partial charge on any atom is -0.385 e. The predicted molar refractivity (Wildman–Crippen MR) is 75.7 cm³/mol. The molecule has 1 N–H and O–H groups in total. The van der Waals surface area contributed by atoms with E-state index < -0.39 is 0 Å². The van der Waals surface area contributed by atoms with Crippen LogP contribution in [0, 0.1) is 5.92 Å². The van der Waals surface area contributed by atoms with Crippen LogP contribution in [-0.4, -0.2) is 6.54 Å². The fourth-order valence-electron chi connectivity index (χ4n) is 2.65. The molecule has 94 valence electrons. The third kappa shape index (κ3) is 2.83. The van der Waals surface area contributed by atoms with E-state index in [2.05, 4.69) is 51.2 Å². The Labute approximate surface area is 106 Å². The first kappa shape index (κ1) is 12.5. The predicted octanol–water partition coefficient (Wildman–Crippen LogP) is 4.37. The summed E-state index contributed by atoms with van der Waals surface area (Å²) in [5.74, 6) is 0.822. The maximum absolute atomic E-state index is 3.58. The largest absolute Gasteiger partial charge is 0.385 e. The summed E-state index contributed by atoms with van der Waals surface area (Å²) in [5.41, 5.74) is 4.58. The molecule has 0 amide bonds. The Morgan fingerprint density at radius 3 is 2.71 bits per heavy atom. The summed E-state index contributed by atoms with van der Waals surface area (Å²) < 4.78 is 0. The summed E-state index contributed by atoms with van der Waals surface area (Å²) in [6.07, 6.45) is 3.88. The van der Waals surface area contributed by atoms with Crippen molar-refractivity contribution in [3.63, 3.8) is 0 Å². The van der Waals surface area contributed by atoms with Gasteiger partial charge in [0.15, 0.2) is 0 Å². The Balaban J connectivity index is 2.23. The van der Waals surface area contributed by atoms with Crippen LogP contribution in [-0.2, 0) is 11.8 Å². The third-order valence-electron chi connectivity index (χ3n) is 3.76. The average molecular weight is 231 g/mol. The summed E-state index contributed by atoms with van der Waals surface area (Å²) in [4.78, 5) is 0. The van der Waals surface area contributed by atoms with Crippen molar-refractivity contribution in [1.29, 1.82) is 0 Å². The van der Waals surface area contributed by atoms with Gasteiger partial charge in [-0.2, -0.15) is 0 Å². The zero-order chi connectivity index (χ0) is 12.5.